The number of nitrogens with two attached hydrogens (primary N) is 1. The molecule has 3 atom stereocenters. The highest BCUT2D eigenvalue weighted by Crippen LogP contribution is 2.43. The van der Waals surface area contributed by atoms with Crippen molar-refractivity contribution in [2.24, 2.45) is 5.73 Å². The fraction of sp³-hybridized carbons (Fsp3) is 0.705. The summed E-state index contributed by atoms with van der Waals surface area (Å²) in [6.45, 7) is 2.69. The second-order valence-corrected chi connectivity index (χ2v) is 15.6. The summed E-state index contributed by atoms with van der Waals surface area (Å²) in [6.07, 6.45) is 44.3. The molecule has 0 heterocycles. The third-order valence-corrected chi connectivity index (χ3v) is 9.69. The van der Waals surface area contributed by atoms with Gasteiger partial charge in [0.05, 0.1) is 13.2 Å². The van der Waals surface area contributed by atoms with E-state index in [1.165, 1.54) is 64.2 Å². The molecule has 0 aromatic heterocycles. The smallest absolute Gasteiger partial charge is 0.472 e. The van der Waals surface area contributed by atoms with Crippen molar-refractivity contribution in [1.29, 1.82) is 0 Å². The molecule has 0 saturated heterocycles. The lowest BCUT2D eigenvalue weighted by Crippen LogP contribution is -2.34. The number of carbonyl (C=O) groups is 3. The molecule has 0 aliphatic carbocycles. The Labute approximate surface area is 338 Å². The highest BCUT2D eigenvalue weighted by molar-refractivity contribution is 7.47. The van der Waals surface area contributed by atoms with Crippen molar-refractivity contribution in [2.75, 3.05) is 19.8 Å². The Balaban J connectivity index is 4.49. The number of phosphoric acid groups is 1. The number of ether oxygens (including phenoxy) is 2. The van der Waals surface area contributed by atoms with Crippen LogP contribution in [0.15, 0.2) is 60.8 Å². The molecule has 0 aliphatic rings. The molecule has 4 N–H and O–H groups in total. The zero-order chi connectivity index (χ0) is 41.4. The lowest BCUT2D eigenvalue weighted by molar-refractivity contribution is -0.161. The number of rotatable bonds is 39. The average Bonchev–Trinajstić information content (AvgIpc) is 3.17. The fourth-order valence-electron chi connectivity index (χ4n) is 5.34. The van der Waals surface area contributed by atoms with Gasteiger partial charge in [-0.25, -0.2) is 4.57 Å². The highest BCUT2D eigenvalue weighted by atomic mass is 31.2. The minimum absolute atomic E-state index is 0.142. The summed E-state index contributed by atoms with van der Waals surface area (Å²) in [5, 5.41) is 8.88. The molecule has 56 heavy (non-hydrogen) atoms. The topological polar surface area (TPSA) is 172 Å². The number of hydrogen-bond donors (Lipinski definition) is 3. The van der Waals surface area contributed by atoms with E-state index in [0.29, 0.717) is 19.3 Å². The molecule has 11 nitrogen and oxygen atoms in total. The molecular formula is C44H76NO10P. The predicted octanol–water partition coefficient (Wildman–Crippen LogP) is 11.2. The summed E-state index contributed by atoms with van der Waals surface area (Å²) >= 11 is 0. The predicted molar refractivity (Wildman–Crippen MR) is 226 cm³/mol. The van der Waals surface area contributed by atoms with Gasteiger partial charge in [0.15, 0.2) is 6.10 Å². The van der Waals surface area contributed by atoms with Gasteiger partial charge in [0, 0.05) is 12.8 Å². The van der Waals surface area contributed by atoms with Crippen molar-refractivity contribution in [3.8, 4) is 0 Å². The molecule has 1 unspecified atom stereocenters. The molecular weight excluding hydrogens is 733 g/mol. The minimum atomic E-state index is -4.73. The summed E-state index contributed by atoms with van der Waals surface area (Å²) in [4.78, 5) is 45.9. The quantitative estimate of drug-likeness (QED) is 0.0233. The Morgan fingerprint density at radius 2 is 0.964 bits per heavy atom. The van der Waals surface area contributed by atoms with E-state index in [1.807, 2.05) is 12.2 Å². The molecule has 0 radical (unpaired) electrons. The van der Waals surface area contributed by atoms with Gasteiger partial charge in [0.1, 0.15) is 12.6 Å². The van der Waals surface area contributed by atoms with Gasteiger partial charge < -0.3 is 25.2 Å². The standard InChI is InChI=1S/C44H76NO10P/c1-3-5-7-9-11-13-15-17-19-20-22-23-25-27-29-31-33-35-42(46)52-37-40(38-53-56(50,51)54-39-41(45)44(48)49)55-43(47)36-34-32-30-28-26-24-21-18-16-14-12-10-8-6-4-2/h11,13-14,16-17,19,22-23,27,29,40-41H,3-10,12,15,18,20-21,24-26,28,30-39,45H2,1-2H3,(H,48,49)(H,50,51)/b13-11+,16-14+,19-17+,23-22+,29-27+/t40-,41+/m1/s1. The van der Waals surface area contributed by atoms with Crippen molar-refractivity contribution >= 4 is 25.7 Å². The number of carboxylic acids is 1. The number of carboxylic acid groups (broad SMARTS) is 1. The van der Waals surface area contributed by atoms with Crippen molar-refractivity contribution < 1.29 is 47.5 Å². The number of aliphatic carboxylic acids is 1. The summed E-state index contributed by atoms with van der Waals surface area (Å²) in [6, 6.07) is -1.53. The summed E-state index contributed by atoms with van der Waals surface area (Å²) in [5.74, 6) is -2.46. The van der Waals surface area contributed by atoms with E-state index >= 15 is 0 Å². The van der Waals surface area contributed by atoms with Gasteiger partial charge >= 0.3 is 25.7 Å². The van der Waals surface area contributed by atoms with Crippen LogP contribution in [0.5, 0.6) is 0 Å². The Kier molecular flexibility index (Phi) is 37.1. The maximum atomic E-state index is 12.6. The molecule has 0 aromatic rings. The van der Waals surface area contributed by atoms with Crippen LogP contribution in [0.25, 0.3) is 0 Å². The SMILES string of the molecule is CCCCC/C=C/C/C=C/C/C=C/C/C=C/CCCC(=O)OC[C@H](COP(=O)(O)OC[C@H](N)C(=O)O)OC(=O)CCCCCCCCC/C=C/CCCCCC. The maximum absolute atomic E-state index is 12.6. The number of esters is 2. The monoisotopic (exact) mass is 810 g/mol. The second-order valence-electron chi connectivity index (χ2n) is 14.1. The van der Waals surface area contributed by atoms with E-state index in [2.05, 4.69) is 67.0 Å². The van der Waals surface area contributed by atoms with E-state index in [4.69, 9.17) is 24.8 Å². The van der Waals surface area contributed by atoms with Gasteiger partial charge in [0.2, 0.25) is 0 Å². The third-order valence-electron chi connectivity index (χ3n) is 8.74. The van der Waals surface area contributed by atoms with Crippen LogP contribution in [0.1, 0.15) is 168 Å². The maximum Gasteiger partial charge on any atom is 0.472 e. The summed E-state index contributed by atoms with van der Waals surface area (Å²) in [5.41, 5.74) is 5.32. The van der Waals surface area contributed by atoms with Crippen LogP contribution in [-0.2, 0) is 37.5 Å². The van der Waals surface area contributed by atoms with E-state index in [1.54, 1.807) is 0 Å². The molecule has 0 spiro atoms. The lowest BCUT2D eigenvalue weighted by Gasteiger charge is -2.20. The van der Waals surface area contributed by atoms with E-state index < -0.39 is 51.1 Å². The van der Waals surface area contributed by atoms with E-state index in [0.717, 1.165) is 57.8 Å². The third kappa shape index (κ3) is 38.1. The number of hydrogen-bond acceptors (Lipinski definition) is 9. The van der Waals surface area contributed by atoms with Crippen LogP contribution in [0.4, 0.5) is 0 Å². The second kappa shape index (κ2) is 39.0. The number of phosphoric ester groups is 1. The van der Waals surface area contributed by atoms with Crippen molar-refractivity contribution in [2.45, 2.75) is 180 Å². The van der Waals surface area contributed by atoms with Crippen LogP contribution in [-0.4, -0.2) is 59.9 Å². The molecule has 0 saturated carbocycles. The number of carbonyl (C=O) groups excluding carboxylic acids is 2. The van der Waals surface area contributed by atoms with Gasteiger partial charge in [0.25, 0.3) is 0 Å². The van der Waals surface area contributed by atoms with Gasteiger partial charge in [-0.1, -0.05) is 139 Å². The molecule has 0 rings (SSSR count). The minimum Gasteiger partial charge on any atom is -0.480 e. The molecule has 12 heteroatoms. The van der Waals surface area contributed by atoms with Gasteiger partial charge in [-0.05, 0) is 77.0 Å². The summed E-state index contributed by atoms with van der Waals surface area (Å²) < 4.78 is 32.6. The molecule has 0 amide bonds. The zero-order valence-corrected chi connectivity index (χ0v) is 35.6. The molecule has 0 fully saturated rings. The highest BCUT2D eigenvalue weighted by Gasteiger charge is 2.28. The Morgan fingerprint density at radius 3 is 1.52 bits per heavy atom. The van der Waals surface area contributed by atoms with Gasteiger partial charge in [-0.15, -0.1) is 0 Å². The van der Waals surface area contributed by atoms with Gasteiger partial charge in [-0.3, -0.25) is 23.4 Å². The molecule has 322 valence electrons. The van der Waals surface area contributed by atoms with Crippen LogP contribution in [0, 0.1) is 0 Å². The number of allylic oxidation sites excluding steroid dienone is 10. The largest absolute Gasteiger partial charge is 0.480 e. The van der Waals surface area contributed by atoms with Crippen LogP contribution in [0.2, 0.25) is 0 Å². The Hall–Kier alpha value is -2.82. The summed E-state index contributed by atoms with van der Waals surface area (Å²) in [7, 11) is -4.73. The zero-order valence-electron chi connectivity index (χ0n) is 34.7. The average molecular weight is 810 g/mol. The molecule has 0 aliphatic heterocycles. The Morgan fingerprint density at radius 1 is 0.554 bits per heavy atom. The van der Waals surface area contributed by atoms with Crippen molar-refractivity contribution in [3.05, 3.63) is 60.8 Å². The van der Waals surface area contributed by atoms with Crippen LogP contribution < -0.4 is 5.73 Å². The number of unbranched alkanes of at least 4 members (excludes halogenated alkanes) is 15. The van der Waals surface area contributed by atoms with Gasteiger partial charge in [-0.2, -0.15) is 0 Å². The van der Waals surface area contributed by atoms with Crippen LogP contribution >= 0.6 is 7.82 Å². The fourth-order valence-corrected chi connectivity index (χ4v) is 6.12. The first kappa shape index (κ1) is 53.2. The normalized spacial score (nSPS) is 14.4. The molecule has 0 aromatic carbocycles. The first-order valence-corrected chi connectivity index (χ1v) is 22.8. The van der Waals surface area contributed by atoms with E-state index in [9.17, 15) is 23.8 Å². The van der Waals surface area contributed by atoms with Crippen molar-refractivity contribution in [3.63, 3.8) is 0 Å². The first-order chi connectivity index (χ1) is 27.1. The molecule has 0 bridgehead atoms. The van der Waals surface area contributed by atoms with E-state index in [-0.39, 0.29) is 19.4 Å². The van der Waals surface area contributed by atoms with Crippen molar-refractivity contribution in [1.82, 2.24) is 0 Å². The van der Waals surface area contributed by atoms with Crippen LogP contribution in [0.3, 0.4) is 0 Å². The Bertz CT molecular complexity index is 1180. The lowest BCUT2D eigenvalue weighted by atomic mass is 10.1. The first-order valence-electron chi connectivity index (χ1n) is 21.3.